The van der Waals surface area contributed by atoms with Crippen LogP contribution in [0.2, 0.25) is 0 Å². The van der Waals surface area contributed by atoms with Gasteiger partial charge in [-0.1, -0.05) is 37.1 Å². The van der Waals surface area contributed by atoms with Crippen LogP contribution in [0.3, 0.4) is 0 Å². The number of halogens is 1. The summed E-state index contributed by atoms with van der Waals surface area (Å²) < 4.78 is 13.7. The van der Waals surface area contributed by atoms with E-state index in [1.165, 1.54) is 31.7 Å². The van der Waals surface area contributed by atoms with E-state index in [4.69, 9.17) is 0 Å². The van der Waals surface area contributed by atoms with Crippen LogP contribution in [-0.4, -0.2) is 24.2 Å². The molecule has 126 valence electrons. The second kappa shape index (κ2) is 8.60. The number of benzene rings is 2. The molecule has 24 heavy (non-hydrogen) atoms. The number of para-hydroxylation sites is 1. The summed E-state index contributed by atoms with van der Waals surface area (Å²) in [7, 11) is 0. The Labute approximate surface area is 143 Å². The standard InChI is InChI=1S/C20H24FN3/c21-19-11-10-17(15-22-23-20-8-4-3-5-9-20)18(14-19)16-24-12-6-1-2-7-13-24/h3-5,8-11,14-15,23H,1-2,6-7,12-13,16H2. The van der Waals surface area contributed by atoms with E-state index in [1.807, 2.05) is 30.3 Å². The van der Waals surface area contributed by atoms with Crippen LogP contribution in [0.25, 0.3) is 0 Å². The second-order valence-electron chi connectivity index (χ2n) is 6.27. The SMILES string of the molecule is Fc1ccc(C=NNc2ccccc2)c(CN2CCCCCC2)c1. The highest BCUT2D eigenvalue weighted by Crippen LogP contribution is 2.17. The second-order valence-corrected chi connectivity index (χ2v) is 6.27. The van der Waals surface area contributed by atoms with Gasteiger partial charge in [-0.3, -0.25) is 10.3 Å². The van der Waals surface area contributed by atoms with Gasteiger partial charge in [-0.05, 0) is 61.3 Å². The Morgan fingerprint density at radius 3 is 2.50 bits per heavy atom. The van der Waals surface area contributed by atoms with Gasteiger partial charge in [0.05, 0.1) is 11.9 Å². The van der Waals surface area contributed by atoms with E-state index >= 15 is 0 Å². The van der Waals surface area contributed by atoms with Gasteiger partial charge in [0.25, 0.3) is 0 Å². The molecule has 0 unspecified atom stereocenters. The van der Waals surface area contributed by atoms with E-state index in [-0.39, 0.29) is 5.82 Å². The average molecular weight is 325 g/mol. The lowest BCUT2D eigenvalue weighted by Crippen LogP contribution is -2.24. The molecule has 0 spiro atoms. The molecule has 1 saturated heterocycles. The zero-order valence-corrected chi connectivity index (χ0v) is 13.9. The first-order chi connectivity index (χ1) is 11.8. The molecular weight excluding hydrogens is 301 g/mol. The number of anilines is 1. The molecule has 3 rings (SSSR count). The largest absolute Gasteiger partial charge is 0.299 e. The molecule has 0 aliphatic carbocycles. The Kier molecular flexibility index (Phi) is 5.96. The third-order valence-corrected chi connectivity index (χ3v) is 4.37. The zero-order valence-electron chi connectivity index (χ0n) is 13.9. The Hall–Kier alpha value is -2.20. The molecule has 2 aromatic rings. The van der Waals surface area contributed by atoms with E-state index in [0.717, 1.165) is 36.4 Å². The highest BCUT2D eigenvalue weighted by atomic mass is 19.1. The molecule has 1 fully saturated rings. The number of rotatable bonds is 5. The maximum absolute atomic E-state index is 13.7. The maximum atomic E-state index is 13.7. The number of nitrogens with one attached hydrogen (secondary N) is 1. The zero-order chi connectivity index (χ0) is 16.6. The maximum Gasteiger partial charge on any atom is 0.123 e. The molecule has 0 amide bonds. The minimum atomic E-state index is -0.187. The average Bonchev–Trinajstić information content (AvgIpc) is 2.86. The summed E-state index contributed by atoms with van der Waals surface area (Å²) in [6.07, 6.45) is 6.84. The van der Waals surface area contributed by atoms with Gasteiger partial charge >= 0.3 is 0 Å². The van der Waals surface area contributed by atoms with Crippen molar-refractivity contribution in [3.05, 3.63) is 65.5 Å². The van der Waals surface area contributed by atoms with Gasteiger partial charge in [-0.2, -0.15) is 5.10 Å². The van der Waals surface area contributed by atoms with E-state index in [1.54, 1.807) is 18.3 Å². The predicted octanol–water partition coefficient (Wildman–Crippen LogP) is 4.65. The van der Waals surface area contributed by atoms with Crippen LogP contribution in [0, 0.1) is 5.82 Å². The number of hydrogen-bond donors (Lipinski definition) is 1. The highest BCUT2D eigenvalue weighted by molar-refractivity contribution is 5.82. The van der Waals surface area contributed by atoms with E-state index in [2.05, 4.69) is 15.4 Å². The number of hydrazone groups is 1. The van der Waals surface area contributed by atoms with Gasteiger partial charge in [0.15, 0.2) is 0 Å². The third kappa shape index (κ3) is 4.90. The fourth-order valence-corrected chi connectivity index (χ4v) is 3.06. The van der Waals surface area contributed by atoms with Crippen LogP contribution >= 0.6 is 0 Å². The van der Waals surface area contributed by atoms with Crippen LogP contribution < -0.4 is 5.43 Å². The van der Waals surface area contributed by atoms with Gasteiger partial charge in [-0.15, -0.1) is 0 Å². The van der Waals surface area contributed by atoms with Crippen LogP contribution in [0.5, 0.6) is 0 Å². The molecule has 1 aliphatic heterocycles. The van der Waals surface area contributed by atoms with Crippen molar-refractivity contribution in [2.24, 2.45) is 5.10 Å². The first-order valence-electron chi connectivity index (χ1n) is 8.66. The van der Waals surface area contributed by atoms with E-state index < -0.39 is 0 Å². The Balaban J connectivity index is 1.70. The minimum absolute atomic E-state index is 0.187. The normalized spacial score (nSPS) is 16.2. The predicted molar refractivity (Wildman–Crippen MR) is 97.8 cm³/mol. The quantitative estimate of drug-likeness (QED) is 0.640. The summed E-state index contributed by atoms with van der Waals surface area (Å²) in [5.74, 6) is -0.187. The Bertz CT molecular complexity index is 662. The summed E-state index contributed by atoms with van der Waals surface area (Å²) in [5.41, 5.74) is 5.90. The van der Waals surface area contributed by atoms with Crippen LogP contribution in [-0.2, 0) is 6.54 Å². The smallest absolute Gasteiger partial charge is 0.123 e. The highest BCUT2D eigenvalue weighted by Gasteiger charge is 2.12. The van der Waals surface area contributed by atoms with E-state index in [0.29, 0.717) is 0 Å². The molecule has 0 radical (unpaired) electrons. The molecule has 4 heteroatoms. The van der Waals surface area contributed by atoms with Crippen molar-refractivity contribution < 1.29 is 4.39 Å². The van der Waals surface area contributed by atoms with Gasteiger partial charge in [0.1, 0.15) is 5.82 Å². The molecule has 1 N–H and O–H groups in total. The van der Waals surface area contributed by atoms with Gasteiger partial charge in [-0.25, -0.2) is 4.39 Å². The lowest BCUT2D eigenvalue weighted by Gasteiger charge is -2.20. The molecule has 1 aliphatic rings. The molecule has 2 aromatic carbocycles. The van der Waals surface area contributed by atoms with Crippen LogP contribution in [0.1, 0.15) is 36.8 Å². The van der Waals surface area contributed by atoms with E-state index in [9.17, 15) is 4.39 Å². The van der Waals surface area contributed by atoms with Crippen molar-refractivity contribution in [2.75, 3.05) is 18.5 Å². The lowest BCUT2D eigenvalue weighted by molar-refractivity contribution is 0.276. The summed E-state index contributed by atoms with van der Waals surface area (Å²) in [6, 6.07) is 14.7. The van der Waals surface area contributed by atoms with Crippen molar-refractivity contribution in [2.45, 2.75) is 32.2 Å². The van der Waals surface area contributed by atoms with Gasteiger partial charge in [0.2, 0.25) is 0 Å². The molecule has 0 atom stereocenters. The van der Waals surface area contributed by atoms with Crippen molar-refractivity contribution >= 4 is 11.9 Å². The lowest BCUT2D eigenvalue weighted by atomic mass is 10.1. The summed E-state index contributed by atoms with van der Waals surface area (Å²) in [5, 5.41) is 4.30. The molecular formula is C20H24FN3. The van der Waals surface area contributed by atoms with Gasteiger partial charge < -0.3 is 0 Å². The Morgan fingerprint density at radius 2 is 1.75 bits per heavy atom. The monoisotopic (exact) mass is 325 g/mol. The topological polar surface area (TPSA) is 27.6 Å². The number of likely N-dealkylation sites (tertiary alicyclic amines) is 1. The third-order valence-electron chi connectivity index (χ3n) is 4.37. The van der Waals surface area contributed by atoms with Crippen LogP contribution in [0.15, 0.2) is 53.6 Å². The first-order valence-corrected chi connectivity index (χ1v) is 8.66. The molecule has 3 nitrogen and oxygen atoms in total. The first kappa shape index (κ1) is 16.7. The summed E-state index contributed by atoms with van der Waals surface area (Å²) in [4.78, 5) is 2.42. The number of hydrogen-bond acceptors (Lipinski definition) is 3. The van der Waals surface area contributed by atoms with Crippen molar-refractivity contribution in [3.8, 4) is 0 Å². The fraction of sp³-hybridized carbons (Fsp3) is 0.350. The minimum Gasteiger partial charge on any atom is -0.299 e. The fourth-order valence-electron chi connectivity index (χ4n) is 3.06. The number of nitrogens with zero attached hydrogens (tertiary/aromatic N) is 2. The molecule has 1 heterocycles. The van der Waals surface area contributed by atoms with Crippen molar-refractivity contribution in [1.82, 2.24) is 4.90 Å². The molecule has 0 bridgehead atoms. The molecule has 0 aromatic heterocycles. The summed E-state index contributed by atoms with van der Waals surface area (Å²) >= 11 is 0. The van der Waals surface area contributed by atoms with Crippen molar-refractivity contribution in [1.29, 1.82) is 0 Å². The van der Waals surface area contributed by atoms with Crippen LogP contribution in [0.4, 0.5) is 10.1 Å². The Morgan fingerprint density at radius 1 is 1.00 bits per heavy atom. The van der Waals surface area contributed by atoms with Gasteiger partial charge in [0, 0.05) is 6.54 Å². The summed E-state index contributed by atoms with van der Waals surface area (Å²) in [6.45, 7) is 2.97. The molecule has 0 saturated carbocycles. The van der Waals surface area contributed by atoms with Crippen molar-refractivity contribution in [3.63, 3.8) is 0 Å².